The molecule has 0 amide bonds. The van der Waals surface area contributed by atoms with Gasteiger partial charge in [0.2, 0.25) is 0 Å². The third-order valence-electron chi connectivity index (χ3n) is 2.61. The van der Waals surface area contributed by atoms with Crippen molar-refractivity contribution in [3.63, 3.8) is 0 Å². The van der Waals surface area contributed by atoms with Gasteiger partial charge in [-0.2, -0.15) is 0 Å². The molecule has 2 aromatic rings. The first-order valence-electron chi connectivity index (χ1n) is 5.72. The van der Waals surface area contributed by atoms with Gasteiger partial charge >= 0.3 is 0 Å². The molecule has 3 heteroatoms. The molecule has 0 aliphatic heterocycles. The van der Waals surface area contributed by atoms with Crippen LogP contribution in [0.1, 0.15) is 18.2 Å². The fourth-order valence-corrected chi connectivity index (χ4v) is 1.98. The smallest absolute Gasteiger partial charge is 0.106 e. The van der Waals surface area contributed by atoms with Gasteiger partial charge in [0, 0.05) is 5.69 Å². The van der Waals surface area contributed by atoms with Crippen LogP contribution < -0.4 is 5.32 Å². The van der Waals surface area contributed by atoms with Gasteiger partial charge in [0.05, 0.1) is 12.2 Å². The van der Waals surface area contributed by atoms with E-state index in [0.29, 0.717) is 0 Å². The van der Waals surface area contributed by atoms with Crippen LogP contribution in [0.3, 0.4) is 0 Å². The summed E-state index contributed by atoms with van der Waals surface area (Å²) in [7, 11) is 0. The first kappa shape index (κ1) is 12.1. The number of halogens is 1. The maximum atomic E-state index is 4.38. The predicted octanol–water partition coefficient (Wildman–Crippen LogP) is 4.02. The Kier molecular flexibility index (Phi) is 4.15. The van der Waals surface area contributed by atoms with Crippen LogP contribution in [0.2, 0.25) is 0 Å². The number of aromatic nitrogens is 1. The second-order valence-corrected chi connectivity index (χ2v) is 4.67. The van der Waals surface area contributed by atoms with Crippen molar-refractivity contribution in [2.75, 3.05) is 5.32 Å². The lowest BCUT2D eigenvalue weighted by Gasteiger charge is -2.06. The molecule has 0 radical (unpaired) electrons. The molecule has 0 spiro atoms. The summed E-state index contributed by atoms with van der Waals surface area (Å²) in [5.74, 6) is 0. The number of benzene rings is 1. The molecular formula is C14H15BrN2. The van der Waals surface area contributed by atoms with Crippen molar-refractivity contribution < 1.29 is 0 Å². The molecule has 2 nitrogen and oxygen atoms in total. The minimum atomic E-state index is 0.741. The normalized spacial score (nSPS) is 10.2. The zero-order valence-corrected chi connectivity index (χ0v) is 11.4. The summed E-state index contributed by atoms with van der Waals surface area (Å²) < 4.78 is 0.873. The molecule has 2 rings (SSSR count). The zero-order chi connectivity index (χ0) is 12.1. The summed E-state index contributed by atoms with van der Waals surface area (Å²) in [5, 5.41) is 3.36. The molecule has 1 aromatic heterocycles. The second-order valence-electron chi connectivity index (χ2n) is 3.86. The summed E-state index contributed by atoms with van der Waals surface area (Å²) in [5.41, 5.74) is 3.51. The van der Waals surface area contributed by atoms with E-state index in [9.17, 15) is 0 Å². The van der Waals surface area contributed by atoms with Gasteiger partial charge in [0.1, 0.15) is 4.60 Å². The first-order valence-corrected chi connectivity index (χ1v) is 6.51. The Bertz CT molecular complexity index is 480. The van der Waals surface area contributed by atoms with E-state index >= 15 is 0 Å². The molecule has 0 saturated carbocycles. The van der Waals surface area contributed by atoms with E-state index in [0.717, 1.165) is 29.0 Å². The highest BCUT2D eigenvalue weighted by atomic mass is 79.9. The van der Waals surface area contributed by atoms with Gasteiger partial charge in [-0.3, -0.25) is 0 Å². The molecule has 88 valence electrons. The van der Waals surface area contributed by atoms with Crippen LogP contribution in [0.5, 0.6) is 0 Å². The van der Waals surface area contributed by atoms with E-state index < -0.39 is 0 Å². The van der Waals surface area contributed by atoms with Crippen LogP contribution in [0, 0.1) is 0 Å². The van der Waals surface area contributed by atoms with E-state index in [1.165, 1.54) is 5.56 Å². The Hall–Kier alpha value is -1.35. The third-order valence-corrected chi connectivity index (χ3v) is 3.05. The number of hydrogen-bond donors (Lipinski definition) is 1. The number of aryl methyl sites for hydroxylation is 1. The van der Waals surface area contributed by atoms with Crippen LogP contribution in [0.4, 0.5) is 5.69 Å². The van der Waals surface area contributed by atoms with Crippen LogP contribution in [-0.2, 0) is 13.0 Å². The lowest BCUT2D eigenvalue weighted by Crippen LogP contribution is -2.01. The highest BCUT2D eigenvalue weighted by molar-refractivity contribution is 9.10. The van der Waals surface area contributed by atoms with Gasteiger partial charge in [0.15, 0.2) is 0 Å². The highest BCUT2D eigenvalue weighted by Gasteiger charge is 1.96. The summed E-state index contributed by atoms with van der Waals surface area (Å²) in [4.78, 5) is 4.38. The van der Waals surface area contributed by atoms with Gasteiger partial charge in [-0.15, -0.1) is 0 Å². The van der Waals surface area contributed by atoms with E-state index in [1.807, 2.05) is 18.2 Å². The number of nitrogens with one attached hydrogen (secondary N) is 1. The fourth-order valence-electron chi connectivity index (χ4n) is 1.60. The number of pyridine rings is 1. The molecule has 0 aliphatic rings. The lowest BCUT2D eigenvalue weighted by molar-refractivity contribution is 1.03. The van der Waals surface area contributed by atoms with Crippen LogP contribution in [0.15, 0.2) is 47.1 Å². The number of anilines is 1. The summed E-state index contributed by atoms with van der Waals surface area (Å²) in [6, 6.07) is 14.5. The third kappa shape index (κ3) is 3.56. The molecule has 0 fully saturated rings. The van der Waals surface area contributed by atoms with Crippen molar-refractivity contribution in [2.45, 2.75) is 19.9 Å². The minimum Gasteiger partial charge on any atom is -0.379 e. The molecule has 1 N–H and O–H groups in total. The standard InChI is InChI=1S/C14H15BrN2/c1-2-11-6-8-12(9-7-11)16-10-13-4-3-5-14(15)17-13/h3-9,16H,2,10H2,1H3. The van der Waals surface area contributed by atoms with Crippen molar-refractivity contribution in [1.29, 1.82) is 0 Å². The van der Waals surface area contributed by atoms with Gasteiger partial charge in [-0.25, -0.2) is 4.98 Å². The second kappa shape index (κ2) is 5.82. The molecule has 1 aromatic carbocycles. The number of hydrogen-bond acceptors (Lipinski definition) is 2. The SMILES string of the molecule is CCc1ccc(NCc2cccc(Br)n2)cc1. The molecule has 0 saturated heterocycles. The first-order chi connectivity index (χ1) is 8.28. The van der Waals surface area contributed by atoms with Crippen molar-refractivity contribution in [3.05, 3.63) is 58.3 Å². The van der Waals surface area contributed by atoms with E-state index in [1.54, 1.807) is 0 Å². The summed E-state index contributed by atoms with van der Waals surface area (Å²) in [6.07, 6.45) is 1.08. The van der Waals surface area contributed by atoms with Gasteiger partial charge in [-0.05, 0) is 52.2 Å². The molecule has 17 heavy (non-hydrogen) atoms. The zero-order valence-electron chi connectivity index (χ0n) is 9.78. The highest BCUT2D eigenvalue weighted by Crippen LogP contribution is 2.12. The average molecular weight is 291 g/mol. The largest absolute Gasteiger partial charge is 0.379 e. The quantitative estimate of drug-likeness (QED) is 0.861. The Balaban J connectivity index is 1.97. The molecular weight excluding hydrogens is 276 g/mol. The van der Waals surface area contributed by atoms with Gasteiger partial charge in [0.25, 0.3) is 0 Å². The Morgan fingerprint density at radius 2 is 1.88 bits per heavy atom. The van der Waals surface area contributed by atoms with E-state index in [4.69, 9.17) is 0 Å². The van der Waals surface area contributed by atoms with E-state index in [-0.39, 0.29) is 0 Å². The molecule has 0 unspecified atom stereocenters. The number of nitrogens with zero attached hydrogens (tertiary/aromatic N) is 1. The lowest BCUT2D eigenvalue weighted by atomic mass is 10.1. The Morgan fingerprint density at radius 1 is 1.12 bits per heavy atom. The van der Waals surface area contributed by atoms with Crippen molar-refractivity contribution in [3.8, 4) is 0 Å². The summed E-state index contributed by atoms with van der Waals surface area (Å²) >= 11 is 3.37. The Morgan fingerprint density at radius 3 is 2.53 bits per heavy atom. The number of rotatable bonds is 4. The summed E-state index contributed by atoms with van der Waals surface area (Å²) in [6.45, 7) is 2.90. The molecule has 0 bridgehead atoms. The van der Waals surface area contributed by atoms with Crippen LogP contribution in [-0.4, -0.2) is 4.98 Å². The van der Waals surface area contributed by atoms with Crippen molar-refractivity contribution >= 4 is 21.6 Å². The minimum absolute atomic E-state index is 0.741. The molecule has 0 atom stereocenters. The van der Waals surface area contributed by atoms with E-state index in [2.05, 4.69) is 57.4 Å². The van der Waals surface area contributed by atoms with Crippen molar-refractivity contribution in [2.24, 2.45) is 0 Å². The maximum absolute atomic E-state index is 4.38. The van der Waals surface area contributed by atoms with Crippen molar-refractivity contribution in [1.82, 2.24) is 4.98 Å². The molecule has 0 aliphatic carbocycles. The monoisotopic (exact) mass is 290 g/mol. The predicted molar refractivity (Wildman–Crippen MR) is 75.1 cm³/mol. The van der Waals surface area contributed by atoms with Gasteiger partial charge < -0.3 is 5.32 Å². The topological polar surface area (TPSA) is 24.9 Å². The van der Waals surface area contributed by atoms with Crippen LogP contribution >= 0.6 is 15.9 Å². The van der Waals surface area contributed by atoms with Crippen LogP contribution in [0.25, 0.3) is 0 Å². The van der Waals surface area contributed by atoms with Gasteiger partial charge in [-0.1, -0.05) is 25.1 Å². The fraction of sp³-hybridized carbons (Fsp3) is 0.214. The molecule has 1 heterocycles. The Labute approximate surface area is 110 Å². The maximum Gasteiger partial charge on any atom is 0.106 e. The average Bonchev–Trinajstić information content (AvgIpc) is 2.37.